The quantitative estimate of drug-likeness (QED) is 0.636. The van der Waals surface area contributed by atoms with Crippen molar-refractivity contribution in [3.8, 4) is 5.88 Å². The van der Waals surface area contributed by atoms with Crippen molar-refractivity contribution >= 4 is 21.6 Å². The second-order valence-corrected chi connectivity index (χ2v) is 11.0. The summed E-state index contributed by atoms with van der Waals surface area (Å²) in [5.41, 5.74) is 3.66. The van der Waals surface area contributed by atoms with Gasteiger partial charge in [-0.25, -0.2) is 13.1 Å². The molecule has 0 radical (unpaired) electrons. The molecule has 0 saturated heterocycles. The lowest BCUT2D eigenvalue weighted by Gasteiger charge is -2.30. The molecule has 2 aromatic rings. The maximum absolute atomic E-state index is 13.7. The molecule has 0 bridgehead atoms. The molecule has 3 heterocycles. The molecule has 10 nitrogen and oxygen atoms in total. The Morgan fingerprint density at radius 3 is 2.27 bits per heavy atom. The van der Waals surface area contributed by atoms with Crippen LogP contribution in [-0.4, -0.2) is 40.5 Å². The Morgan fingerprint density at radius 2 is 1.79 bits per heavy atom. The van der Waals surface area contributed by atoms with Crippen LogP contribution in [0.15, 0.2) is 4.90 Å². The molecular formula is C19H27F3N6O4S. The molecular weight excluding hydrogens is 465 g/mol. The summed E-state index contributed by atoms with van der Waals surface area (Å²) in [6.07, 6.45) is -4.86. The number of nitrogens with one attached hydrogen (secondary N) is 1. The summed E-state index contributed by atoms with van der Waals surface area (Å²) in [7, 11) is -4.65. The molecule has 3 rings (SSSR count). The molecule has 14 heteroatoms. The van der Waals surface area contributed by atoms with Crippen LogP contribution in [0, 0.1) is 5.41 Å². The summed E-state index contributed by atoms with van der Waals surface area (Å²) in [5.74, 6) is -2.59. The summed E-state index contributed by atoms with van der Waals surface area (Å²) in [5, 5.41) is 7.66. The number of anilines is 1. The number of fused-ring (bicyclic) bond motifs is 1. The summed E-state index contributed by atoms with van der Waals surface area (Å²) < 4.78 is 76.9. The van der Waals surface area contributed by atoms with E-state index in [2.05, 4.69) is 14.9 Å². The number of aromatic nitrogens is 4. The van der Waals surface area contributed by atoms with E-state index in [0.29, 0.717) is 0 Å². The van der Waals surface area contributed by atoms with Gasteiger partial charge in [-0.05, 0) is 11.8 Å². The Kier molecular flexibility index (Phi) is 5.97. The van der Waals surface area contributed by atoms with E-state index in [1.807, 2.05) is 13.8 Å². The molecule has 1 aliphatic rings. The fourth-order valence-electron chi connectivity index (χ4n) is 3.66. The van der Waals surface area contributed by atoms with Gasteiger partial charge in [0.1, 0.15) is 0 Å². The molecule has 0 spiro atoms. The highest BCUT2D eigenvalue weighted by Gasteiger charge is 2.42. The lowest BCUT2D eigenvalue weighted by molar-refractivity contribution is -0.214. The van der Waals surface area contributed by atoms with Crippen LogP contribution in [0.1, 0.15) is 75.3 Å². The number of hydrogen-bond acceptors (Lipinski definition) is 6. The SMILES string of the molecule is CC(C)c1nn(C(F)(F)F)c(C(C)C)c1NS(=O)(=O)c1c(C(N)=O)nn2c1OCC(C)(C)C2. The lowest BCUT2D eigenvalue weighted by atomic mass is 9.94. The smallest absolute Gasteiger partial charge is 0.476 e. The van der Waals surface area contributed by atoms with Gasteiger partial charge in [-0.3, -0.25) is 9.52 Å². The fourth-order valence-corrected chi connectivity index (χ4v) is 5.03. The lowest BCUT2D eigenvalue weighted by Crippen LogP contribution is -2.33. The fraction of sp³-hybridized carbons (Fsp3) is 0.632. The minimum absolute atomic E-state index is 0.0942. The number of nitrogens with two attached hydrogens (primary N) is 1. The van der Waals surface area contributed by atoms with Crippen LogP contribution in [0.5, 0.6) is 5.88 Å². The number of primary amides is 1. The van der Waals surface area contributed by atoms with Gasteiger partial charge in [0.2, 0.25) is 5.88 Å². The van der Waals surface area contributed by atoms with Crippen LogP contribution < -0.4 is 15.2 Å². The predicted molar refractivity (Wildman–Crippen MR) is 113 cm³/mol. The predicted octanol–water partition coefficient (Wildman–Crippen LogP) is 3.12. The van der Waals surface area contributed by atoms with E-state index in [1.165, 1.54) is 18.5 Å². The van der Waals surface area contributed by atoms with Crippen LogP contribution in [-0.2, 0) is 22.9 Å². The zero-order chi connectivity index (χ0) is 25.1. The van der Waals surface area contributed by atoms with E-state index >= 15 is 0 Å². The number of amides is 1. The highest BCUT2D eigenvalue weighted by molar-refractivity contribution is 7.93. The van der Waals surface area contributed by atoms with Gasteiger partial charge in [0, 0.05) is 5.41 Å². The second-order valence-electron chi connectivity index (χ2n) is 9.40. The van der Waals surface area contributed by atoms with Gasteiger partial charge < -0.3 is 10.5 Å². The highest BCUT2D eigenvalue weighted by Crippen LogP contribution is 2.41. The number of rotatable bonds is 6. The summed E-state index contributed by atoms with van der Waals surface area (Å²) in [6.45, 7) is 10.3. The van der Waals surface area contributed by atoms with Crippen molar-refractivity contribution < 1.29 is 31.1 Å². The Bertz CT molecular complexity index is 1200. The first-order valence-electron chi connectivity index (χ1n) is 10.2. The van der Waals surface area contributed by atoms with E-state index in [9.17, 15) is 26.4 Å². The zero-order valence-corrected chi connectivity index (χ0v) is 19.9. The maximum Gasteiger partial charge on any atom is 0.504 e. The number of hydrogen-bond donors (Lipinski definition) is 2. The Labute approximate surface area is 189 Å². The zero-order valence-electron chi connectivity index (χ0n) is 19.1. The minimum Gasteiger partial charge on any atom is -0.476 e. The first kappa shape index (κ1) is 24.9. The number of ether oxygens (including phenoxy) is 1. The molecule has 2 aromatic heterocycles. The summed E-state index contributed by atoms with van der Waals surface area (Å²) >= 11 is 0. The molecule has 0 saturated carbocycles. The minimum atomic E-state index is -4.86. The average Bonchev–Trinajstić information content (AvgIpc) is 3.19. The molecule has 1 amide bonds. The first-order valence-corrected chi connectivity index (χ1v) is 11.7. The van der Waals surface area contributed by atoms with Gasteiger partial charge in [0.05, 0.1) is 30.2 Å². The van der Waals surface area contributed by atoms with Gasteiger partial charge in [0.25, 0.3) is 15.9 Å². The van der Waals surface area contributed by atoms with Crippen molar-refractivity contribution in [2.75, 3.05) is 11.3 Å². The van der Waals surface area contributed by atoms with E-state index in [1.54, 1.807) is 13.8 Å². The maximum atomic E-state index is 13.7. The van der Waals surface area contributed by atoms with E-state index in [0.717, 1.165) is 0 Å². The molecule has 0 aliphatic carbocycles. The van der Waals surface area contributed by atoms with Gasteiger partial charge >= 0.3 is 6.30 Å². The van der Waals surface area contributed by atoms with Crippen LogP contribution in [0.3, 0.4) is 0 Å². The number of nitrogens with zero attached hydrogens (tertiary/aromatic N) is 4. The molecule has 0 atom stereocenters. The first-order chi connectivity index (χ1) is 15.0. The van der Waals surface area contributed by atoms with Crippen molar-refractivity contribution in [3.05, 3.63) is 17.1 Å². The molecule has 0 fully saturated rings. The van der Waals surface area contributed by atoms with Crippen molar-refractivity contribution in [2.45, 2.75) is 71.1 Å². The third-order valence-electron chi connectivity index (χ3n) is 5.06. The number of carbonyl (C=O) groups excluding carboxylic acids is 1. The molecule has 0 unspecified atom stereocenters. The van der Waals surface area contributed by atoms with E-state index < -0.39 is 50.1 Å². The second kappa shape index (κ2) is 7.92. The molecule has 184 valence electrons. The molecule has 1 aliphatic heterocycles. The highest BCUT2D eigenvalue weighted by atomic mass is 32.2. The van der Waals surface area contributed by atoms with Crippen LogP contribution in [0.4, 0.5) is 18.9 Å². The standard InChI is InChI=1S/C19H27F3N6O4S/c1-9(2)11-12(14(10(3)4)28(25-11)19(20,21)22)26-33(30,31)15-13(16(23)29)24-27-7-18(5,6)8-32-17(15)27/h9-10,26H,7-8H2,1-6H3,(H2,23,29). The average molecular weight is 493 g/mol. The topological polar surface area (TPSA) is 134 Å². The van der Waals surface area contributed by atoms with Gasteiger partial charge in [0.15, 0.2) is 10.6 Å². The normalized spacial score (nSPS) is 16.1. The summed E-state index contributed by atoms with van der Waals surface area (Å²) in [6, 6.07) is 0. The van der Waals surface area contributed by atoms with Crippen molar-refractivity contribution in [1.29, 1.82) is 0 Å². The molecule has 33 heavy (non-hydrogen) atoms. The number of sulfonamides is 1. The number of carbonyl (C=O) groups is 1. The molecule has 3 N–H and O–H groups in total. The van der Waals surface area contributed by atoms with Crippen LogP contribution >= 0.6 is 0 Å². The monoisotopic (exact) mass is 492 g/mol. The van der Waals surface area contributed by atoms with Crippen molar-refractivity contribution in [3.63, 3.8) is 0 Å². The van der Waals surface area contributed by atoms with Crippen molar-refractivity contribution in [2.24, 2.45) is 11.1 Å². The number of alkyl halides is 3. The van der Waals surface area contributed by atoms with E-state index in [-0.39, 0.29) is 40.8 Å². The van der Waals surface area contributed by atoms with Gasteiger partial charge in [-0.2, -0.15) is 14.9 Å². The van der Waals surface area contributed by atoms with E-state index in [4.69, 9.17) is 10.5 Å². The van der Waals surface area contributed by atoms with Crippen LogP contribution in [0.2, 0.25) is 0 Å². The van der Waals surface area contributed by atoms with Crippen molar-refractivity contribution in [1.82, 2.24) is 19.6 Å². The largest absolute Gasteiger partial charge is 0.504 e. The van der Waals surface area contributed by atoms with Gasteiger partial charge in [-0.15, -0.1) is 13.2 Å². The third-order valence-corrected chi connectivity index (χ3v) is 6.44. The Hall–Kier alpha value is -2.77. The van der Waals surface area contributed by atoms with Crippen LogP contribution in [0.25, 0.3) is 0 Å². The summed E-state index contributed by atoms with van der Waals surface area (Å²) in [4.78, 5) is 11.4. The Morgan fingerprint density at radius 1 is 1.18 bits per heavy atom. The Balaban J connectivity index is 2.22. The third kappa shape index (κ3) is 4.52. The van der Waals surface area contributed by atoms with Gasteiger partial charge in [-0.1, -0.05) is 41.5 Å². The molecule has 0 aromatic carbocycles. The number of halogens is 3.